The minimum Gasteiger partial charge on any atom is -0.487 e. The number of aliphatic hydroxyl groups is 1. The lowest BCUT2D eigenvalue weighted by molar-refractivity contribution is 0.274. The molecule has 1 heterocycles. The van der Waals surface area contributed by atoms with Gasteiger partial charge in [0.15, 0.2) is 0 Å². The standard InChI is InChI=1S/C14H17FN2O2/c1-2-3-17-10-16-7-13(17)9-19-14-5-11(8-18)4-12(15)6-14/h4-7,10,18H,2-3,8-9H2,1H3. The third-order valence-electron chi connectivity index (χ3n) is 2.76. The quantitative estimate of drug-likeness (QED) is 0.872. The van der Waals surface area contributed by atoms with Gasteiger partial charge in [0.1, 0.15) is 18.2 Å². The van der Waals surface area contributed by atoms with Crippen LogP contribution in [-0.2, 0) is 19.8 Å². The number of rotatable bonds is 6. The van der Waals surface area contributed by atoms with Crippen molar-refractivity contribution in [1.82, 2.24) is 9.55 Å². The van der Waals surface area contributed by atoms with Gasteiger partial charge in [-0.2, -0.15) is 0 Å². The van der Waals surface area contributed by atoms with E-state index in [0.717, 1.165) is 18.7 Å². The molecule has 0 spiro atoms. The lowest BCUT2D eigenvalue weighted by Gasteiger charge is -2.10. The van der Waals surface area contributed by atoms with Gasteiger partial charge in [0, 0.05) is 12.6 Å². The summed E-state index contributed by atoms with van der Waals surface area (Å²) in [5, 5.41) is 9.02. The fourth-order valence-electron chi connectivity index (χ4n) is 1.86. The zero-order chi connectivity index (χ0) is 13.7. The maximum atomic E-state index is 13.3. The lowest BCUT2D eigenvalue weighted by Crippen LogP contribution is -2.05. The van der Waals surface area contributed by atoms with Crippen LogP contribution in [0.4, 0.5) is 4.39 Å². The number of nitrogens with zero attached hydrogens (tertiary/aromatic N) is 2. The summed E-state index contributed by atoms with van der Waals surface area (Å²) in [5.41, 5.74) is 1.44. The molecule has 102 valence electrons. The van der Waals surface area contributed by atoms with Crippen molar-refractivity contribution >= 4 is 0 Å². The fourth-order valence-corrected chi connectivity index (χ4v) is 1.86. The first kappa shape index (κ1) is 13.5. The Bertz CT molecular complexity index is 540. The van der Waals surface area contributed by atoms with Crippen LogP contribution in [0.5, 0.6) is 5.75 Å². The van der Waals surface area contributed by atoms with Crippen LogP contribution in [0.25, 0.3) is 0 Å². The molecule has 1 aromatic carbocycles. The van der Waals surface area contributed by atoms with Crippen molar-refractivity contribution in [2.45, 2.75) is 33.1 Å². The van der Waals surface area contributed by atoms with E-state index in [1.54, 1.807) is 18.6 Å². The van der Waals surface area contributed by atoms with Gasteiger partial charge in [-0.05, 0) is 24.1 Å². The topological polar surface area (TPSA) is 47.3 Å². The van der Waals surface area contributed by atoms with E-state index in [4.69, 9.17) is 9.84 Å². The SMILES string of the molecule is CCCn1cncc1COc1cc(F)cc(CO)c1. The van der Waals surface area contributed by atoms with Crippen molar-refractivity contribution in [3.63, 3.8) is 0 Å². The average molecular weight is 264 g/mol. The van der Waals surface area contributed by atoms with Crippen LogP contribution in [0.2, 0.25) is 0 Å². The molecule has 0 fully saturated rings. The van der Waals surface area contributed by atoms with Gasteiger partial charge >= 0.3 is 0 Å². The first-order valence-electron chi connectivity index (χ1n) is 6.25. The van der Waals surface area contributed by atoms with Crippen LogP contribution in [0.3, 0.4) is 0 Å². The van der Waals surface area contributed by atoms with Gasteiger partial charge in [-0.3, -0.25) is 0 Å². The maximum absolute atomic E-state index is 13.3. The summed E-state index contributed by atoms with van der Waals surface area (Å²) in [6.45, 7) is 3.09. The second kappa shape index (κ2) is 6.33. The second-order valence-corrected chi connectivity index (χ2v) is 4.32. The second-order valence-electron chi connectivity index (χ2n) is 4.32. The number of imidazole rings is 1. The third kappa shape index (κ3) is 3.54. The maximum Gasteiger partial charge on any atom is 0.130 e. The summed E-state index contributed by atoms with van der Waals surface area (Å²) in [5.74, 6) is -0.00286. The predicted octanol–water partition coefficient (Wildman–Crippen LogP) is 2.50. The normalized spacial score (nSPS) is 10.7. The van der Waals surface area contributed by atoms with E-state index in [1.807, 2.05) is 4.57 Å². The van der Waals surface area contributed by atoms with Gasteiger partial charge in [0.25, 0.3) is 0 Å². The number of aromatic nitrogens is 2. The number of aryl methyl sites for hydroxylation is 1. The summed E-state index contributed by atoms with van der Waals surface area (Å²) >= 11 is 0. The Labute approximate surface area is 111 Å². The first-order chi connectivity index (χ1) is 9.22. The molecule has 1 N–H and O–H groups in total. The van der Waals surface area contributed by atoms with Crippen molar-refractivity contribution in [2.75, 3.05) is 0 Å². The van der Waals surface area contributed by atoms with Crippen molar-refractivity contribution in [2.24, 2.45) is 0 Å². The number of hydrogen-bond donors (Lipinski definition) is 1. The van der Waals surface area contributed by atoms with Gasteiger partial charge in [-0.15, -0.1) is 0 Å². The van der Waals surface area contributed by atoms with Crippen LogP contribution >= 0.6 is 0 Å². The van der Waals surface area contributed by atoms with Gasteiger partial charge in [-0.1, -0.05) is 6.92 Å². The molecule has 0 aliphatic rings. The van der Waals surface area contributed by atoms with Crippen molar-refractivity contribution in [3.8, 4) is 5.75 Å². The summed E-state index contributed by atoms with van der Waals surface area (Å²) in [7, 11) is 0. The highest BCUT2D eigenvalue weighted by Gasteiger charge is 2.05. The molecule has 0 saturated heterocycles. The molecule has 19 heavy (non-hydrogen) atoms. The lowest BCUT2D eigenvalue weighted by atomic mass is 10.2. The van der Waals surface area contributed by atoms with Gasteiger partial charge in [0.2, 0.25) is 0 Å². The van der Waals surface area contributed by atoms with Crippen molar-refractivity contribution in [3.05, 3.63) is 47.8 Å². The zero-order valence-corrected chi connectivity index (χ0v) is 10.8. The number of aliphatic hydroxyl groups excluding tert-OH is 1. The molecule has 2 rings (SSSR count). The minimum atomic E-state index is -0.413. The molecule has 0 radical (unpaired) electrons. The van der Waals surface area contributed by atoms with Gasteiger partial charge in [-0.25, -0.2) is 9.37 Å². The molecule has 4 nitrogen and oxygen atoms in total. The Hall–Kier alpha value is -1.88. The van der Waals surface area contributed by atoms with E-state index in [0.29, 0.717) is 17.9 Å². The summed E-state index contributed by atoms with van der Waals surface area (Å²) < 4.78 is 20.8. The van der Waals surface area contributed by atoms with E-state index < -0.39 is 5.82 Å². The minimum absolute atomic E-state index is 0.206. The first-order valence-corrected chi connectivity index (χ1v) is 6.25. The molecule has 0 amide bonds. The smallest absolute Gasteiger partial charge is 0.130 e. The zero-order valence-electron chi connectivity index (χ0n) is 10.8. The Morgan fingerprint density at radius 2 is 2.21 bits per heavy atom. The van der Waals surface area contributed by atoms with Gasteiger partial charge in [0.05, 0.1) is 24.8 Å². The monoisotopic (exact) mass is 264 g/mol. The predicted molar refractivity (Wildman–Crippen MR) is 69.2 cm³/mol. The number of hydrogen-bond acceptors (Lipinski definition) is 3. The molecule has 5 heteroatoms. The third-order valence-corrected chi connectivity index (χ3v) is 2.76. The van der Waals surface area contributed by atoms with E-state index in [2.05, 4.69) is 11.9 Å². The molecule has 2 aromatic rings. The van der Waals surface area contributed by atoms with E-state index in [9.17, 15) is 4.39 Å². The van der Waals surface area contributed by atoms with Crippen LogP contribution in [0.15, 0.2) is 30.7 Å². The molecule has 0 bridgehead atoms. The molecule has 0 saturated carbocycles. The fraction of sp³-hybridized carbons (Fsp3) is 0.357. The highest BCUT2D eigenvalue weighted by molar-refractivity contribution is 5.29. The Morgan fingerprint density at radius 3 is 2.95 bits per heavy atom. The Morgan fingerprint density at radius 1 is 1.37 bits per heavy atom. The van der Waals surface area contributed by atoms with Crippen LogP contribution in [-0.4, -0.2) is 14.7 Å². The number of halogens is 1. The number of ether oxygens (including phenoxy) is 1. The van der Waals surface area contributed by atoms with E-state index >= 15 is 0 Å². The molecule has 0 aliphatic heterocycles. The van der Waals surface area contributed by atoms with Crippen LogP contribution < -0.4 is 4.74 Å². The summed E-state index contributed by atoms with van der Waals surface area (Å²) in [4.78, 5) is 4.07. The Kier molecular flexibility index (Phi) is 4.52. The van der Waals surface area contributed by atoms with E-state index in [1.165, 1.54) is 12.1 Å². The van der Waals surface area contributed by atoms with Crippen molar-refractivity contribution in [1.29, 1.82) is 0 Å². The summed E-state index contributed by atoms with van der Waals surface area (Å²) in [6.07, 6.45) is 4.51. The highest BCUT2D eigenvalue weighted by atomic mass is 19.1. The van der Waals surface area contributed by atoms with E-state index in [-0.39, 0.29) is 6.61 Å². The van der Waals surface area contributed by atoms with Crippen LogP contribution in [0, 0.1) is 5.82 Å². The average Bonchev–Trinajstić information content (AvgIpc) is 2.83. The molecule has 0 atom stereocenters. The largest absolute Gasteiger partial charge is 0.487 e. The van der Waals surface area contributed by atoms with Crippen molar-refractivity contribution < 1.29 is 14.2 Å². The Balaban J connectivity index is 2.05. The molecule has 0 unspecified atom stereocenters. The van der Waals surface area contributed by atoms with Crippen LogP contribution in [0.1, 0.15) is 24.6 Å². The summed E-state index contributed by atoms with van der Waals surface area (Å²) in [6, 6.07) is 4.22. The molecule has 0 aliphatic carbocycles. The number of benzene rings is 1. The molecular formula is C14H17FN2O2. The highest BCUT2D eigenvalue weighted by Crippen LogP contribution is 2.18. The van der Waals surface area contributed by atoms with Gasteiger partial charge < -0.3 is 14.4 Å². The molecular weight excluding hydrogens is 247 g/mol. The molecule has 1 aromatic heterocycles.